The van der Waals surface area contributed by atoms with Gasteiger partial charge in [-0.3, -0.25) is 4.79 Å². The summed E-state index contributed by atoms with van der Waals surface area (Å²) in [5.41, 5.74) is 0.387. The SMILES string of the molecule is O=C(O)C1(Cc2nc3ccccc3s2)CCCCCCC1. The van der Waals surface area contributed by atoms with Crippen LogP contribution in [0.2, 0.25) is 0 Å². The van der Waals surface area contributed by atoms with Crippen molar-refractivity contribution in [3.05, 3.63) is 29.3 Å². The van der Waals surface area contributed by atoms with E-state index in [1.54, 1.807) is 11.3 Å². The lowest BCUT2D eigenvalue weighted by molar-refractivity contribution is -0.150. The average Bonchev–Trinajstić information content (AvgIpc) is 2.83. The Bertz CT molecular complexity index is 594. The molecular formula is C17H21NO2S. The van der Waals surface area contributed by atoms with E-state index < -0.39 is 11.4 Å². The Balaban J connectivity index is 1.88. The van der Waals surface area contributed by atoms with Crippen LogP contribution in [-0.4, -0.2) is 16.1 Å². The van der Waals surface area contributed by atoms with Gasteiger partial charge in [-0.25, -0.2) is 4.98 Å². The number of carbonyl (C=O) groups is 1. The van der Waals surface area contributed by atoms with Crippen molar-refractivity contribution in [2.75, 3.05) is 0 Å². The Morgan fingerprint density at radius 2 is 1.81 bits per heavy atom. The zero-order chi connectivity index (χ0) is 14.7. The smallest absolute Gasteiger partial charge is 0.310 e. The van der Waals surface area contributed by atoms with E-state index in [0.29, 0.717) is 6.42 Å². The molecule has 1 heterocycles. The number of nitrogens with zero attached hydrogens (tertiary/aromatic N) is 1. The first-order valence-electron chi connectivity index (χ1n) is 7.77. The molecule has 1 fully saturated rings. The fourth-order valence-electron chi connectivity index (χ4n) is 3.33. The monoisotopic (exact) mass is 303 g/mol. The number of aromatic nitrogens is 1. The molecule has 2 aromatic rings. The molecule has 4 heteroatoms. The van der Waals surface area contributed by atoms with E-state index in [1.165, 1.54) is 6.42 Å². The van der Waals surface area contributed by atoms with E-state index in [4.69, 9.17) is 0 Å². The van der Waals surface area contributed by atoms with Crippen LogP contribution in [0.15, 0.2) is 24.3 Å². The quantitative estimate of drug-likeness (QED) is 0.897. The molecule has 112 valence electrons. The van der Waals surface area contributed by atoms with Crippen molar-refractivity contribution in [2.24, 2.45) is 5.41 Å². The third kappa shape index (κ3) is 3.10. The van der Waals surface area contributed by atoms with Crippen molar-refractivity contribution in [3.63, 3.8) is 0 Å². The first-order chi connectivity index (χ1) is 10.2. The summed E-state index contributed by atoms with van der Waals surface area (Å²) in [6.07, 6.45) is 7.78. The summed E-state index contributed by atoms with van der Waals surface area (Å²) in [7, 11) is 0. The Morgan fingerprint density at radius 3 is 2.48 bits per heavy atom. The van der Waals surface area contributed by atoms with Gasteiger partial charge in [-0.2, -0.15) is 0 Å². The molecule has 1 N–H and O–H groups in total. The molecule has 0 bridgehead atoms. The van der Waals surface area contributed by atoms with E-state index in [1.807, 2.05) is 18.2 Å². The zero-order valence-electron chi connectivity index (χ0n) is 12.2. The van der Waals surface area contributed by atoms with Crippen LogP contribution in [-0.2, 0) is 11.2 Å². The largest absolute Gasteiger partial charge is 0.481 e. The van der Waals surface area contributed by atoms with Gasteiger partial charge in [0.1, 0.15) is 0 Å². The summed E-state index contributed by atoms with van der Waals surface area (Å²) in [6, 6.07) is 8.05. The van der Waals surface area contributed by atoms with Crippen molar-refractivity contribution in [1.82, 2.24) is 4.98 Å². The average molecular weight is 303 g/mol. The number of para-hydroxylation sites is 1. The van der Waals surface area contributed by atoms with Crippen molar-refractivity contribution in [3.8, 4) is 0 Å². The zero-order valence-corrected chi connectivity index (χ0v) is 13.0. The lowest BCUT2D eigenvalue weighted by Crippen LogP contribution is -2.34. The number of carboxylic acid groups (broad SMARTS) is 1. The molecule has 0 radical (unpaired) electrons. The number of fused-ring (bicyclic) bond motifs is 1. The Hall–Kier alpha value is -1.42. The number of aliphatic carboxylic acids is 1. The summed E-state index contributed by atoms with van der Waals surface area (Å²) in [4.78, 5) is 16.6. The summed E-state index contributed by atoms with van der Waals surface area (Å²) in [5, 5.41) is 10.8. The van der Waals surface area contributed by atoms with E-state index >= 15 is 0 Å². The highest BCUT2D eigenvalue weighted by atomic mass is 32.1. The third-order valence-electron chi connectivity index (χ3n) is 4.59. The molecule has 1 saturated carbocycles. The van der Waals surface area contributed by atoms with Gasteiger partial charge >= 0.3 is 5.97 Å². The lowest BCUT2D eigenvalue weighted by Gasteiger charge is -2.30. The van der Waals surface area contributed by atoms with Crippen molar-refractivity contribution in [1.29, 1.82) is 0 Å². The molecular weight excluding hydrogens is 282 g/mol. The maximum Gasteiger partial charge on any atom is 0.310 e. The molecule has 0 amide bonds. The van der Waals surface area contributed by atoms with Crippen LogP contribution in [0.3, 0.4) is 0 Å². The summed E-state index contributed by atoms with van der Waals surface area (Å²) in [6.45, 7) is 0. The molecule has 1 aromatic carbocycles. The van der Waals surface area contributed by atoms with Crippen LogP contribution in [0, 0.1) is 5.41 Å². The van der Waals surface area contributed by atoms with Gasteiger partial charge in [0.15, 0.2) is 0 Å². The Morgan fingerprint density at radius 1 is 1.14 bits per heavy atom. The van der Waals surface area contributed by atoms with Crippen molar-refractivity contribution in [2.45, 2.75) is 51.4 Å². The molecule has 1 aliphatic carbocycles. The Labute approximate surface area is 129 Å². The maximum absolute atomic E-state index is 11.9. The van der Waals surface area contributed by atoms with E-state index in [0.717, 1.165) is 53.7 Å². The molecule has 0 spiro atoms. The van der Waals surface area contributed by atoms with E-state index in [2.05, 4.69) is 11.1 Å². The second kappa shape index (κ2) is 6.14. The van der Waals surface area contributed by atoms with Crippen LogP contribution >= 0.6 is 11.3 Å². The first-order valence-corrected chi connectivity index (χ1v) is 8.59. The topological polar surface area (TPSA) is 50.2 Å². The van der Waals surface area contributed by atoms with E-state index in [9.17, 15) is 9.90 Å². The number of benzene rings is 1. The maximum atomic E-state index is 11.9. The van der Waals surface area contributed by atoms with Gasteiger partial charge < -0.3 is 5.11 Å². The van der Waals surface area contributed by atoms with Crippen molar-refractivity contribution >= 4 is 27.5 Å². The number of carboxylic acids is 1. The van der Waals surface area contributed by atoms with Crippen LogP contribution in [0.1, 0.15) is 50.0 Å². The fraction of sp³-hybridized carbons (Fsp3) is 0.529. The predicted octanol–water partition coefficient (Wildman–Crippen LogP) is 4.65. The van der Waals surface area contributed by atoms with Gasteiger partial charge in [-0.1, -0.05) is 44.2 Å². The second-order valence-corrected chi connectivity index (χ2v) is 7.22. The highest BCUT2D eigenvalue weighted by Crippen LogP contribution is 2.39. The van der Waals surface area contributed by atoms with Crippen LogP contribution in [0.4, 0.5) is 0 Å². The minimum absolute atomic E-state index is 0.585. The standard InChI is InChI=1S/C17H21NO2S/c19-16(20)17(10-6-2-1-3-7-11-17)12-15-18-13-8-4-5-9-14(13)21-15/h4-5,8-9H,1-3,6-7,10-12H2,(H,19,20). The number of rotatable bonds is 3. The molecule has 3 rings (SSSR count). The van der Waals surface area contributed by atoms with Crippen LogP contribution in [0.25, 0.3) is 10.2 Å². The van der Waals surface area contributed by atoms with Gasteiger partial charge in [0.25, 0.3) is 0 Å². The molecule has 1 aliphatic rings. The van der Waals surface area contributed by atoms with Crippen LogP contribution < -0.4 is 0 Å². The first kappa shape index (κ1) is 14.5. The fourth-order valence-corrected chi connectivity index (χ4v) is 4.44. The molecule has 0 unspecified atom stereocenters. The van der Waals surface area contributed by atoms with Gasteiger partial charge in [0, 0.05) is 6.42 Å². The molecule has 21 heavy (non-hydrogen) atoms. The number of thiazole rings is 1. The highest BCUT2D eigenvalue weighted by Gasteiger charge is 2.39. The van der Waals surface area contributed by atoms with Gasteiger partial charge in [-0.15, -0.1) is 11.3 Å². The van der Waals surface area contributed by atoms with Gasteiger partial charge in [-0.05, 0) is 25.0 Å². The summed E-state index contributed by atoms with van der Waals surface area (Å²) in [5.74, 6) is -0.636. The van der Waals surface area contributed by atoms with Crippen LogP contribution in [0.5, 0.6) is 0 Å². The van der Waals surface area contributed by atoms with Gasteiger partial charge in [0.2, 0.25) is 0 Å². The lowest BCUT2D eigenvalue weighted by atomic mass is 9.74. The molecule has 3 nitrogen and oxygen atoms in total. The molecule has 1 aromatic heterocycles. The minimum atomic E-state index is -0.636. The number of hydrogen-bond acceptors (Lipinski definition) is 3. The summed E-state index contributed by atoms with van der Waals surface area (Å²) >= 11 is 1.64. The molecule has 0 atom stereocenters. The van der Waals surface area contributed by atoms with Gasteiger partial charge in [0.05, 0.1) is 20.6 Å². The van der Waals surface area contributed by atoms with E-state index in [-0.39, 0.29) is 0 Å². The van der Waals surface area contributed by atoms with Crippen molar-refractivity contribution < 1.29 is 9.90 Å². The molecule has 0 aliphatic heterocycles. The molecule has 0 saturated heterocycles. The third-order valence-corrected chi connectivity index (χ3v) is 5.63. The minimum Gasteiger partial charge on any atom is -0.481 e. The second-order valence-electron chi connectivity index (χ2n) is 6.11. The summed E-state index contributed by atoms with van der Waals surface area (Å²) < 4.78 is 1.15. The Kier molecular flexibility index (Phi) is 4.24. The highest BCUT2D eigenvalue weighted by molar-refractivity contribution is 7.18. The number of hydrogen-bond donors (Lipinski definition) is 1. The normalized spacial score (nSPS) is 19.0. The predicted molar refractivity (Wildman–Crippen MR) is 85.7 cm³/mol.